The Morgan fingerprint density at radius 1 is 1.18 bits per heavy atom. The number of nitrogens with zero attached hydrogens (tertiary/aromatic N) is 5. The number of aromatic hydroxyl groups is 1. The third-order valence-electron chi connectivity index (χ3n) is 4.91. The van der Waals surface area contributed by atoms with E-state index in [1.807, 2.05) is 6.07 Å². The first-order chi connectivity index (χ1) is 13.5. The maximum absolute atomic E-state index is 14.8. The lowest BCUT2D eigenvalue weighted by Gasteiger charge is -2.16. The van der Waals surface area contributed by atoms with Gasteiger partial charge in [-0.2, -0.15) is 5.10 Å². The molecule has 1 aliphatic rings. The zero-order valence-electron chi connectivity index (χ0n) is 15.6. The van der Waals surface area contributed by atoms with E-state index < -0.39 is 5.82 Å². The van der Waals surface area contributed by atoms with Crippen LogP contribution in [0.3, 0.4) is 0 Å². The number of anilines is 1. The molecule has 2 aromatic heterocycles. The molecule has 144 valence electrons. The van der Waals surface area contributed by atoms with Crippen LogP contribution in [0.5, 0.6) is 11.6 Å². The standard InChI is InChI=1S/C19H20FN5O2Si/c1-27-19-6-11(9-21-24-19)13-8-17(26)14(7-15(13)20)16-2-3-18(23-22-16)25-5-4-12(28)10-25/h2-3,6-9,12,26H,4-5,10H2,1,28H3. The molecule has 0 spiro atoms. The summed E-state index contributed by atoms with van der Waals surface area (Å²) in [5, 5.41) is 26.5. The van der Waals surface area contributed by atoms with Gasteiger partial charge in [-0.3, -0.25) is 0 Å². The van der Waals surface area contributed by atoms with Crippen molar-refractivity contribution in [1.29, 1.82) is 0 Å². The molecular weight excluding hydrogens is 377 g/mol. The Labute approximate surface area is 164 Å². The lowest BCUT2D eigenvalue weighted by Crippen LogP contribution is -2.20. The van der Waals surface area contributed by atoms with E-state index in [0.717, 1.165) is 24.4 Å². The molecule has 0 saturated carbocycles. The molecule has 0 bridgehead atoms. The van der Waals surface area contributed by atoms with Crippen molar-refractivity contribution in [3.8, 4) is 34.0 Å². The van der Waals surface area contributed by atoms with Gasteiger partial charge >= 0.3 is 0 Å². The fourth-order valence-electron chi connectivity index (χ4n) is 3.36. The van der Waals surface area contributed by atoms with Crippen LogP contribution in [0.4, 0.5) is 10.2 Å². The predicted molar refractivity (Wildman–Crippen MR) is 107 cm³/mol. The van der Waals surface area contributed by atoms with Crippen LogP contribution in [0.2, 0.25) is 5.54 Å². The highest BCUT2D eigenvalue weighted by Gasteiger charge is 2.21. The van der Waals surface area contributed by atoms with E-state index in [1.165, 1.54) is 42.1 Å². The number of hydrogen-bond donors (Lipinski definition) is 1. The topological polar surface area (TPSA) is 84.3 Å². The van der Waals surface area contributed by atoms with Gasteiger partial charge in [0.05, 0.1) is 19.0 Å². The molecule has 28 heavy (non-hydrogen) atoms. The molecular formula is C19H20FN5O2Si. The number of methoxy groups -OCH3 is 1. The Kier molecular flexibility index (Phi) is 4.91. The van der Waals surface area contributed by atoms with Crippen molar-refractivity contribution in [3.63, 3.8) is 0 Å². The Hall–Kier alpha value is -3.07. The second-order valence-electron chi connectivity index (χ2n) is 6.95. The Morgan fingerprint density at radius 3 is 2.71 bits per heavy atom. The number of ether oxygens (including phenoxy) is 1. The zero-order valence-corrected chi connectivity index (χ0v) is 17.6. The monoisotopic (exact) mass is 397 g/mol. The highest BCUT2D eigenvalue weighted by Crippen LogP contribution is 2.35. The summed E-state index contributed by atoms with van der Waals surface area (Å²) in [6, 6.07) is 7.78. The molecule has 1 N–H and O–H groups in total. The molecule has 0 amide bonds. The molecule has 3 aromatic rings. The maximum atomic E-state index is 14.8. The minimum absolute atomic E-state index is 0.0879. The Balaban J connectivity index is 1.64. The number of hydrogen-bond acceptors (Lipinski definition) is 7. The molecule has 3 heterocycles. The number of rotatable bonds is 4. The highest BCUT2D eigenvalue weighted by molar-refractivity contribution is 6.12. The molecule has 0 radical (unpaired) electrons. The summed E-state index contributed by atoms with van der Waals surface area (Å²) < 4.78 is 19.8. The van der Waals surface area contributed by atoms with Crippen LogP contribution >= 0.6 is 0 Å². The minimum atomic E-state index is -0.507. The predicted octanol–water partition coefficient (Wildman–Crippen LogP) is 1.82. The minimum Gasteiger partial charge on any atom is -0.507 e. The van der Waals surface area contributed by atoms with Crippen LogP contribution in [0.1, 0.15) is 6.42 Å². The largest absolute Gasteiger partial charge is 0.507 e. The summed E-state index contributed by atoms with van der Waals surface area (Å²) in [5.41, 5.74) is 2.14. The average Bonchev–Trinajstić information content (AvgIpc) is 3.16. The van der Waals surface area contributed by atoms with E-state index in [1.54, 1.807) is 12.1 Å². The smallest absolute Gasteiger partial charge is 0.233 e. The van der Waals surface area contributed by atoms with Gasteiger partial charge in [-0.05, 0) is 36.2 Å². The van der Waals surface area contributed by atoms with Crippen molar-refractivity contribution in [2.75, 3.05) is 25.1 Å². The van der Waals surface area contributed by atoms with Gasteiger partial charge in [0.2, 0.25) is 5.88 Å². The molecule has 9 heteroatoms. The van der Waals surface area contributed by atoms with Crippen molar-refractivity contribution >= 4 is 16.1 Å². The van der Waals surface area contributed by atoms with Crippen molar-refractivity contribution in [1.82, 2.24) is 20.4 Å². The third-order valence-corrected chi connectivity index (χ3v) is 5.85. The maximum Gasteiger partial charge on any atom is 0.233 e. The number of phenolic OH excluding ortho intramolecular Hbond substituents is 1. The first-order valence-corrected chi connectivity index (χ1v) is 10.2. The quantitative estimate of drug-likeness (QED) is 0.672. The van der Waals surface area contributed by atoms with Gasteiger partial charge < -0.3 is 14.7 Å². The number of benzene rings is 1. The summed E-state index contributed by atoms with van der Waals surface area (Å²) in [6.45, 7) is 2.00. The first-order valence-electron chi connectivity index (χ1n) is 9.04. The lowest BCUT2D eigenvalue weighted by atomic mass is 10.0. The first kappa shape index (κ1) is 18.3. The molecule has 1 saturated heterocycles. The van der Waals surface area contributed by atoms with E-state index in [4.69, 9.17) is 4.74 Å². The number of phenols is 1. The van der Waals surface area contributed by atoms with Gasteiger partial charge in [-0.1, -0.05) is 0 Å². The van der Waals surface area contributed by atoms with Gasteiger partial charge in [-0.25, -0.2) is 4.39 Å². The molecule has 7 nitrogen and oxygen atoms in total. The SMILES string of the molecule is COc1cc(-c2cc(O)c(-c3ccc(N4CCC([SiH3])C4)nn3)cc2F)cnn1. The van der Waals surface area contributed by atoms with E-state index >= 15 is 0 Å². The van der Waals surface area contributed by atoms with Gasteiger partial charge in [0.25, 0.3) is 0 Å². The molecule has 1 unspecified atom stereocenters. The van der Waals surface area contributed by atoms with Gasteiger partial charge in [0.15, 0.2) is 5.82 Å². The van der Waals surface area contributed by atoms with Crippen LogP contribution in [-0.4, -0.2) is 55.9 Å². The Bertz CT molecular complexity index is 1000. The highest BCUT2D eigenvalue weighted by atomic mass is 28.1. The van der Waals surface area contributed by atoms with E-state index in [2.05, 4.69) is 25.3 Å². The summed E-state index contributed by atoms with van der Waals surface area (Å²) >= 11 is 0. The third kappa shape index (κ3) is 3.52. The van der Waals surface area contributed by atoms with Crippen LogP contribution in [0, 0.1) is 5.82 Å². The molecule has 1 aromatic carbocycles. The van der Waals surface area contributed by atoms with Crippen LogP contribution < -0.4 is 9.64 Å². The molecule has 1 atom stereocenters. The van der Waals surface area contributed by atoms with Crippen molar-refractivity contribution in [2.45, 2.75) is 12.0 Å². The van der Waals surface area contributed by atoms with Crippen LogP contribution in [0.15, 0.2) is 36.5 Å². The molecule has 0 aliphatic carbocycles. The summed E-state index contributed by atoms with van der Waals surface area (Å²) in [7, 11) is 2.63. The van der Waals surface area contributed by atoms with E-state index in [9.17, 15) is 9.50 Å². The van der Waals surface area contributed by atoms with Crippen molar-refractivity contribution in [2.24, 2.45) is 0 Å². The lowest BCUT2D eigenvalue weighted by molar-refractivity contribution is 0.392. The van der Waals surface area contributed by atoms with Gasteiger partial charge in [0.1, 0.15) is 11.6 Å². The van der Waals surface area contributed by atoms with E-state index in [0.29, 0.717) is 11.3 Å². The normalized spacial score (nSPS) is 16.5. The second-order valence-corrected chi connectivity index (χ2v) is 8.59. The molecule has 1 fully saturated rings. The summed E-state index contributed by atoms with van der Waals surface area (Å²) in [4.78, 5) is 2.21. The average molecular weight is 397 g/mol. The summed E-state index contributed by atoms with van der Waals surface area (Å²) in [6.07, 6.45) is 2.60. The van der Waals surface area contributed by atoms with Gasteiger partial charge in [-0.15, -0.1) is 15.3 Å². The molecule has 4 rings (SSSR count). The van der Waals surface area contributed by atoms with Crippen LogP contribution in [-0.2, 0) is 0 Å². The van der Waals surface area contributed by atoms with Crippen LogP contribution in [0.25, 0.3) is 22.4 Å². The van der Waals surface area contributed by atoms with Crippen molar-refractivity contribution < 1.29 is 14.2 Å². The summed E-state index contributed by atoms with van der Waals surface area (Å²) in [5.74, 6) is 0.483. The Morgan fingerprint density at radius 2 is 2.04 bits per heavy atom. The van der Waals surface area contributed by atoms with Gasteiger partial charge in [0, 0.05) is 46.1 Å². The number of halogens is 1. The second kappa shape index (κ2) is 7.51. The van der Waals surface area contributed by atoms with Crippen molar-refractivity contribution in [3.05, 3.63) is 42.3 Å². The number of aromatic nitrogens is 4. The molecule has 1 aliphatic heterocycles. The fourth-order valence-corrected chi connectivity index (χ4v) is 4.06. The zero-order chi connectivity index (χ0) is 19.7. The fraction of sp³-hybridized carbons (Fsp3) is 0.263. The van der Waals surface area contributed by atoms with E-state index in [-0.39, 0.29) is 22.8 Å².